The van der Waals surface area contributed by atoms with E-state index in [4.69, 9.17) is 0 Å². The molecule has 0 radical (unpaired) electrons. The van der Waals surface area contributed by atoms with E-state index in [0.29, 0.717) is 0 Å². The zero-order valence-corrected chi connectivity index (χ0v) is 8.23. The van der Waals surface area contributed by atoms with E-state index in [1.807, 2.05) is 0 Å². The summed E-state index contributed by atoms with van der Waals surface area (Å²) >= 11 is 0. The van der Waals surface area contributed by atoms with E-state index >= 15 is 0 Å². The molecule has 0 heteroatoms. The molecule has 0 saturated heterocycles. The van der Waals surface area contributed by atoms with Crippen molar-refractivity contribution in [3.05, 3.63) is 0 Å². The van der Waals surface area contributed by atoms with Gasteiger partial charge in [0, 0.05) is 0 Å². The third kappa shape index (κ3) is 2.24. The smallest absolute Gasteiger partial charge is 0.0414 e. The van der Waals surface area contributed by atoms with Gasteiger partial charge in [-0.25, -0.2) is 0 Å². The van der Waals surface area contributed by atoms with Crippen molar-refractivity contribution >= 4 is 0 Å². The Hall–Kier alpha value is 0. The minimum atomic E-state index is 1.13. The highest BCUT2D eigenvalue weighted by atomic mass is 14.2. The molecule has 0 heterocycles. The van der Waals surface area contributed by atoms with Crippen LogP contribution >= 0.6 is 0 Å². The van der Waals surface area contributed by atoms with E-state index in [0.717, 1.165) is 11.8 Å². The molecule has 0 atom stereocenters. The summed E-state index contributed by atoms with van der Waals surface area (Å²) in [5.74, 6) is 2.27. The lowest BCUT2D eigenvalue weighted by Gasteiger charge is -2.25. The monoisotopic (exact) mass is 166 g/mol. The van der Waals surface area contributed by atoms with Crippen LogP contribution in [0, 0.1) is 11.8 Å². The van der Waals surface area contributed by atoms with Crippen molar-refractivity contribution in [3.8, 4) is 0 Å². The fourth-order valence-electron chi connectivity index (χ4n) is 2.78. The first kappa shape index (κ1) is 8.59. The zero-order valence-electron chi connectivity index (χ0n) is 8.23. The van der Waals surface area contributed by atoms with Crippen molar-refractivity contribution < 1.29 is 0 Å². The minimum Gasteiger partial charge on any atom is -0.0530 e. The van der Waals surface area contributed by atoms with Crippen molar-refractivity contribution in [2.45, 2.75) is 64.2 Å². The zero-order chi connectivity index (χ0) is 8.23. The summed E-state index contributed by atoms with van der Waals surface area (Å²) in [5.41, 5.74) is 0. The van der Waals surface area contributed by atoms with Crippen molar-refractivity contribution in [2.24, 2.45) is 11.8 Å². The van der Waals surface area contributed by atoms with Crippen LogP contribution in [0.3, 0.4) is 0 Å². The van der Waals surface area contributed by atoms with Gasteiger partial charge in [-0.15, -0.1) is 0 Å². The number of hydrogen-bond donors (Lipinski definition) is 0. The summed E-state index contributed by atoms with van der Waals surface area (Å²) in [6, 6.07) is 0. The molecular weight excluding hydrogens is 144 g/mol. The lowest BCUT2D eigenvalue weighted by Crippen LogP contribution is -2.10. The third-order valence-corrected chi connectivity index (χ3v) is 3.92. The van der Waals surface area contributed by atoms with Gasteiger partial charge in [-0.05, 0) is 11.8 Å². The van der Waals surface area contributed by atoms with Crippen LogP contribution in [0.4, 0.5) is 0 Å². The molecule has 70 valence electrons. The van der Waals surface area contributed by atoms with Crippen LogP contribution in [-0.4, -0.2) is 0 Å². The second-order valence-electron chi connectivity index (χ2n) is 4.88. The predicted octanol–water partition coefficient (Wildman–Crippen LogP) is 4.15. The average Bonchev–Trinajstić information content (AvgIpc) is 2.46. The fraction of sp³-hybridized carbons (Fsp3) is 1.00. The summed E-state index contributed by atoms with van der Waals surface area (Å²) in [4.78, 5) is 0. The lowest BCUT2D eigenvalue weighted by molar-refractivity contribution is 0.279. The number of hydrogen-bond acceptors (Lipinski definition) is 0. The summed E-state index contributed by atoms with van der Waals surface area (Å²) in [7, 11) is 0. The van der Waals surface area contributed by atoms with Gasteiger partial charge in [0.15, 0.2) is 0 Å². The maximum Gasteiger partial charge on any atom is -0.0414 e. The molecule has 0 bridgehead atoms. The Kier molecular flexibility index (Phi) is 3.08. The molecule has 2 fully saturated rings. The highest BCUT2D eigenvalue weighted by molar-refractivity contribution is 4.72. The molecule has 0 aliphatic heterocycles. The maximum atomic E-state index is 1.55. The normalized spacial score (nSPS) is 26.0. The third-order valence-electron chi connectivity index (χ3n) is 3.92. The second-order valence-corrected chi connectivity index (χ2v) is 4.88. The van der Waals surface area contributed by atoms with Gasteiger partial charge in [0.25, 0.3) is 0 Å². The van der Waals surface area contributed by atoms with Gasteiger partial charge in [-0.2, -0.15) is 0 Å². The molecule has 0 N–H and O–H groups in total. The Labute approximate surface area is 76.7 Å². The van der Waals surface area contributed by atoms with Gasteiger partial charge in [-0.1, -0.05) is 64.2 Å². The first-order chi connectivity index (χ1) is 5.95. The van der Waals surface area contributed by atoms with Gasteiger partial charge < -0.3 is 0 Å². The van der Waals surface area contributed by atoms with E-state index in [2.05, 4.69) is 0 Å². The second kappa shape index (κ2) is 4.30. The molecule has 0 nitrogen and oxygen atoms in total. The SMILES string of the molecule is C1CCC(CCCC2CCC2)C1. The predicted molar refractivity (Wildman–Crippen MR) is 53.2 cm³/mol. The Morgan fingerprint density at radius 3 is 1.58 bits per heavy atom. The first-order valence-corrected chi connectivity index (χ1v) is 5.95. The van der Waals surface area contributed by atoms with Gasteiger partial charge in [-0.3, -0.25) is 0 Å². The highest BCUT2D eigenvalue weighted by Crippen LogP contribution is 2.34. The summed E-state index contributed by atoms with van der Waals surface area (Å²) < 4.78 is 0. The first-order valence-electron chi connectivity index (χ1n) is 5.95. The van der Waals surface area contributed by atoms with Gasteiger partial charge >= 0.3 is 0 Å². The standard InChI is InChI=1S/C12H22/c1-2-6-11(5-1)7-3-8-12-9-4-10-12/h11-12H,1-10H2. The molecular formula is C12H22. The van der Waals surface area contributed by atoms with Crippen LogP contribution in [0.2, 0.25) is 0 Å². The van der Waals surface area contributed by atoms with Crippen LogP contribution in [0.15, 0.2) is 0 Å². The van der Waals surface area contributed by atoms with Crippen molar-refractivity contribution in [2.75, 3.05) is 0 Å². The van der Waals surface area contributed by atoms with Crippen molar-refractivity contribution in [3.63, 3.8) is 0 Å². The van der Waals surface area contributed by atoms with Crippen molar-refractivity contribution in [1.29, 1.82) is 0 Å². The highest BCUT2D eigenvalue weighted by Gasteiger charge is 2.18. The molecule has 0 aromatic heterocycles. The maximum absolute atomic E-state index is 1.55. The summed E-state index contributed by atoms with van der Waals surface area (Å²) in [5, 5.41) is 0. The molecule has 0 aromatic rings. The Morgan fingerprint density at radius 1 is 0.667 bits per heavy atom. The van der Waals surface area contributed by atoms with E-state index in [-0.39, 0.29) is 0 Å². The minimum absolute atomic E-state index is 1.13. The van der Waals surface area contributed by atoms with Crippen LogP contribution in [0.25, 0.3) is 0 Å². The van der Waals surface area contributed by atoms with Crippen LogP contribution in [-0.2, 0) is 0 Å². The lowest BCUT2D eigenvalue weighted by atomic mass is 9.81. The van der Waals surface area contributed by atoms with Crippen LogP contribution in [0.5, 0.6) is 0 Å². The van der Waals surface area contributed by atoms with E-state index in [1.54, 1.807) is 38.5 Å². The molecule has 2 aliphatic rings. The Balaban J connectivity index is 1.49. The topological polar surface area (TPSA) is 0 Å². The molecule has 2 rings (SSSR count). The summed E-state index contributed by atoms with van der Waals surface area (Å²) in [6.07, 6.45) is 15.4. The van der Waals surface area contributed by atoms with Gasteiger partial charge in [0.05, 0.1) is 0 Å². The van der Waals surface area contributed by atoms with Gasteiger partial charge in [0.2, 0.25) is 0 Å². The Bertz CT molecular complexity index is 118. The molecule has 2 saturated carbocycles. The van der Waals surface area contributed by atoms with Crippen LogP contribution < -0.4 is 0 Å². The van der Waals surface area contributed by atoms with E-state index in [1.165, 1.54) is 25.7 Å². The Morgan fingerprint density at radius 2 is 1.17 bits per heavy atom. The van der Waals surface area contributed by atoms with E-state index < -0.39 is 0 Å². The van der Waals surface area contributed by atoms with E-state index in [9.17, 15) is 0 Å². The molecule has 0 unspecified atom stereocenters. The molecule has 0 amide bonds. The fourth-order valence-corrected chi connectivity index (χ4v) is 2.78. The quantitative estimate of drug-likeness (QED) is 0.588. The molecule has 12 heavy (non-hydrogen) atoms. The van der Waals surface area contributed by atoms with Crippen molar-refractivity contribution in [1.82, 2.24) is 0 Å². The average molecular weight is 166 g/mol. The molecule has 0 spiro atoms. The van der Waals surface area contributed by atoms with Crippen LogP contribution in [0.1, 0.15) is 64.2 Å². The summed E-state index contributed by atoms with van der Waals surface area (Å²) in [6.45, 7) is 0. The molecule has 2 aliphatic carbocycles. The number of rotatable bonds is 4. The largest absolute Gasteiger partial charge is 0.0530 e. The molecule has 0 aromatic carbocycles. The van der Waals surface area contributed by atoms with Gasteiger partial charge in [0.1, 0.15) is 0 Å².